The summed E-state index contributed by atoms with van der Waals surface area (Å²) in [6.45, 7) is 2.00. The van der Waals surface area contributed by atoms with Crippen LogP contribution in [0.15, 0.2) is 0 Å². The Hall–Kier alpha value is -1.59. The van der Waals surface area contributed by atoms with Crippen LogP contribution in [0.25, 0.3) is 0 Å². The summed E-state index contributed by atoms with van der Waals surface area (Å²) in [4.78, 5) is 35.8. The highest BCUT2D eigenvalue weighted by Crippen LogP contribution is 2.36. The second kappa shape index (κ2) is 8.49. The van der Waals surface area contributed by atoms with Crippen molar-refractivity contribution in [2.75, 3.05) is 6.54 Å². The Morgan fingerprint density at radius 1 is 1.08 bits per heavy atom. The van der Waals surface area contributed by atoms with Gasteiger partial charge in [-0.15, -0.1) is 0 Å². The molecule has 2 rings (SSSR count). The first-order valence-electron chi connectivity index (χ1n) is 9.23. The van der Waals surface area contributed by atoms with E-state index in [2.05, 4.69) is 10.6 Å². The molecule has 2 aliphatic rings. The maximum absolute atomic E-state index is 12.1. The normalized spacial score (nSPS) is 21.9. The monoisotopic (exact) mass is 338 g/mol. The lowest BCUT2D eigenvalue weighted by Crippen LogP contribution is -2.46. The Kier molecular flexibility index (Phi) is 6.63. The summed E-state index contributed by atoms with van der Waals surface area (Å²) < 4.78 is 0. The van der Waals surface area contributed by atoms with Gasteiger partial charge in [0, 0.05) is 24.9 Å². The number of carboxylic acids is 1. The average molecular weight is 338 g/mol. The molecule has 0 aromatic rings. The van der Waals surface area contributed by atoms with Crippen molar-refractivity contribution in [1.82, 2.24) is 10.6 Å². The van der Waals surface area contributed by atoms with Gasteiger partial charge in [-0.05, 0) is 32.6 Å². The molecule has 136 valence electrons. The van der Waals surface area contributed by atoms with Crippen molar-refractivity contribution in [3.05, 3.63) is 0 Å². The Bertz CT molecular complexity index is 466. The van der Waals surface area contributed by atoms with Crippen molar-refractivity contribution in [2.24, 2.45) is 11.3 Å². The number of rotatable bonds is 7. The maximum Gasteiger partial charge on any atom is 0.311 e. The molecule has 2 fully saturated rings. The Morgan fingerprint density at radius 2 is 1.71 bits per heavy atom. The summed E-state index contributed by atoms with van der Waals surface area (Å²) in [5.41, 5.74) is -0.815. The molecular formula is C18H30N2O4. The molecule has 0 radical (unpaired) electrons. The number of carbonyl (C=O) groups excluding carboxylic acids is 2. The zero-order valence-electron chi connectivity index (χ0n) is 14.6. The van der Waals surface area contributed by atoms with Gasteiger partial charge in [0.15, 0.2) is 0 Å². The number of nitrogens with one attached hydrogen (secondary N) is 2. The van der Waals surface area contributed by atoms with Crippen LogP contribution >= 0.6 is 0 Å². The van der Waals surface area contributed by atoms with Gasteiger partial charge >= 0.3 is 5.97 Å². The molecule has 1 unspecified atom stereocenters. The molecule has 0 heterocycles. The maximum atomic E-state index is 12.1. The first-order valence-corrected chi connectivity index (χ1v) is 9.23. The van der Waals surface area contributed by atoms with Gasteiger partial charge in [0.05, 0.1) is 5.41 Å². The highest BCUT2D eigenvalue weighted by Gasteiger charge is 2.39. The zero-order chi connectivity index (χ0) is 17.6. The van der Waals surface area contributed by atoms with E-state index >= 15 is 0 Å². The van der Waals surface area contributed by atoms with E-state index in [9.17, 15) is 19.5 Å². The summed E-state index contributed by atoms with van der Waals surface area (Å²) >= 11 is 0. The molecule has 24 heavy (non-hydrogen) atoms. The lowest BCUT2D eigenvalue weighted by molar-refractivity contribution is -0.151. The molecule has 0 spiro atoms. The molecule has 0 saturated heterocycles. The second-order valence-corrected chi connectivity index (χ2v) is 7.52. The third-order valence-corrected chi connectivity index (χ3v) is 5.49. The van der Waals surface area contributed by atoms with E-state index in [4.69, 9.17) is 0 Å². The summed E-state index contributed by atoms with van der Waals surface area (Å²) in [7, 11) is 0. The Morgan fingerprint density at radius 3 is 2.29 bits per heavy atom. The summed E-state index contributed by atoms with van der Waals surface area (Å²) in [6, 6.07) is -0.231. The van der Waals surface area contributed by atoms with Crippen LogP contribution in [0.5, 0.6) is 0 Å². The van der Waals surface area contributed by atoms with E-state index in [1.54, 1.807) is 0 Å². The predicted octanol–water partition coefficient (Wildman–Crippen LogP) is 2.22. The molecule has 0 bridgehead atoms. The van der Waals surface area contributed by atoms with Crippen LogP contribution in [-0.4, -0.2) is 35.5 Å². The molecule has 0 aromatic heterocycles. The van der Waals surface area contributed by atoms with E-state index in [-0.39, 0.29) is 36.7 Å². The fourth-order valence-corrected chi connectivity index (χ4v) is 3.91. The van der Waals surface area contributed by atoms with Crippen molar-refractivity contribution < 1.29 is 19.5 Å². The zero-order valence-corrected chi connectivity index (χ0v) is 14.6. The topological polar surface area (TPSA) is 95.5 Å². The van der Waals surface area contributed by atoms with Crippen LogP contribution in [0.3, 0.4) is 0 Å². The highest BCUT2D eigenvalue weighted by atomic mass is 16.4. The van der Waals surface area contributed by atoms with Gasteiger partial charge in [-0.3, -0.25) is 14.4 Å². The van der Waals surface area contributed by atoms with Gasteiger partial charge in [0.2, 0.25) is 11.8 Å². The number of hydrogen-bond acceptors (Lipinski definition) is 3. The van der Waals surface area contributed by atoms with Gasteiger partial charge in [-0.25, -0.2) is 0 Å². The molecule has 3 N–H and O–H groups in total. The quantitative estimate of drug-likeness (QED) is 0.663. The highest BCUT2D eigenvalue weighted by molar-refractivity contribution is 5.82. The van der Waals surface area contributed by atoms with Crippen molar-refractivity contribution in [1.29, 1.82) is 0 Å². The first-order chi connectivity index (χ1) is 11.4. The molecule has 2 saturated carbocycles. The van der Waals surface area contributed by atoms with E-state index in [1.807, 2.05) is 6.92 Å². The Balaban J connectivity index is 1.75. The van der Waals surface area contributed by atoms with Crippen molar-refractivity contribution in [3.8, 4) is 0 Å². The average Bonchev–Trinajstić information content (AvgIpc) is 3.08. The van der Waals surface area contributed by atoms with Crippen LogP contribution in [0.4, 0.5) is 0 Å². The van der Waals surface area contributed by atoms with Crippen molar-refractivity contribution in [2.45, 2.75) is 77.2 Å². The van der Waals surface area contributed by atoms with E-state index in [0.717, 1.165) is 44.9 Å². The Labute approximate surface area is 143 Å². The molecule has 2 amide bonds. The minimum absolute atomic E-state index is 0.0436. The fourth-order valence-electron chi connectivity index (χ4n) is 3.91. The van der Waals surface area contributed by atoms with Gasteiger partial charge < -0.3 is 15.7 Å². The molecule has 2 aliphatic carbocycles. The molecule has 1 atom stereocenters. The van der Waals surface area contributed by atoms with Gasteiger partial charge in [-0.2, -0.15) is 0 Å². The SMILES string of the molecule is CC(CC(=O)NCC1(C(=O)O)CCCCC1)NC(=O)C1CCCC1. The van der Waals surface area contributed by atoms with Crippen LogP contribution < -0.4 is 10.6 Å². The lowest BCUT2D eigenvalue weighted by Gasteiger charge is -2.33. The van der Waals surface area contributed by atoms with Gasteiger partial charge in [0.1, 0.15) is 0 Å². The first kappa shape index (κ1) is 18.7. The van der Waals surface area contributed by atoms with E-state index in [1.165, 1.54) is 0 Å². The van der Waals surface area contributed by atoms with Crippen LogP contribution in [0.1, 0.15) is 71.1 Å². The van der Waals surface area contributed by atoms with E-state index in [0.29, 0.717) is 12.8 Å². The molecule has 0 aromatic carbocycles. The van der Waals surface area contributed by atoms with Crippen LogP contribution in [-0.2, 0) is 14.4 Å². The predicted molar refractivity (Wildman–Crippen MR) is 90.3 cm³/mol. The number of carbonyl (C=O) groups is 3. The van der Waals surface area contributed by atoms with Gasteiger partial charge in [0.25, 0.3) is 0 Å². The van der Waals surface area contributed by atoms with E-state index < -0.39 is 11.4 Å². The summed E-state index contributed by atoms with van der Waals surface area (Å²) in [6.07, 6.45) is 8.37. The smallest absolute Gasteiger partial charge is 0.311 e. The molecule has 0 aliphatic heterocycles. The third kappa shape index (κ3) is 4.95. The number of hydrogen-bond donors (Lipinski definition) is 3. The minimum atomic E-state index is -0.815. The summed E-state index contributed by atoms with van der Waals surface area (Å²) in [5.74, 6) is -0.874. The molecule has 6 nitrogen and oxygen atoms in total. The van der Waals surface area contributed by atoms with Crippen molar-refractivity contribution >= 4 is 17.8 Å². The number of aliphatic carboxylic acids is 1. The largest absolute Gasteiger partial charge is 0.481 e. The molecular weight excluding hydrogens is 308 g/mol. The number of amides is 2. The van der Waals surface area contributed by atoms with Gasteiger partial charge in [-0.1, -0.05) is 32.1 Å². The van der Waals surface area contributed by atoms with Crippen molar-refractivity contribution in [3.63, 3.8) is 0 Å². The third-order valence-electron chi connectivity index (χ3n) is 5.49. The molecule has 6 heteroatoms. The minimum Gasteiger partial charge on any atom is -0.481 e. The van der Waals surface area contributed by atoms with Crippen LogP contribution in [0.2, 0.25) is 0 Å². The standard InChI is InChI=1S/C18H30N2O4/c1-13(20-16(22)14-7-3-4-8-14)11-15(21)19-12-18(17(23)24)9-5-2-6-10-18/h13-14H,2-12H2,1H3,(H,19,21)(H,20,22)(H,23,24). The lowest BCUT2D eigenvalue weighted by atomic mass is 9.74. The van der Waals surface area contributed by atoms with Crippen LogP contribution in [0, 0.1) is 11.3 Å². The number of carboxylic acid groups (broad SMARTS) is 1. The fraction of sp³-hybridized carbons (Fsp3) is 0.833. The summed E-state index contributed by atoms with van der Waals surface area (Å²) in [5, 5.41) is 15.2. The second-order valence-electron chi connectivity index (χ2n) is 7.52.